The summed E-state index contributed by atoms with van der Waals surface area (Å²) in [5, 5.41) is 3.02. The number of para-hydroxylation sites is 1. The molecule has 27 heavy (non-hydrogen) atoms. The number of carbonyl (C=O) groups excluding carboxylic acids is 1. The summed E-state index contributed by atoms with van der Waals surface area (Å²) in [5.74, 6) is 1.81. The molecule has 3 rings (SSSR count). The van der Waals surface area contributed by atoms with E-state index in [4.69, 9.17) is 14.2 Å². The summed E-state index contributed by atoms with van der Waals surface area (Å²) in [6.07, 6.45) is 1.51. The van der Waals surface area contributed by atoms with Crippen molar-refractivity contribution in [2.75, 3.05) is 32.8 Å². The first kappa shape index (κ1) is 18.9. The van der Waals surface area contributed by atoms with Crippen LogP contribution in [0.2, 0.25) is 0 Å². The van der Waals surface area contributed by atoms with Gasteiger partial charge in [-0.2, -0.15) is 0 Å². The summed E-state index contributed by atoms with van der Waals surface area (Å²) in [5.41, 5.74) is 3.15. The minimum absolute atomic E-state index is 0.0770. The van der Waals surface area contributed by atoms with Crippen molar-refractivity contribution in [1.82, 2.24) is 5.32 Å². The Kier molecular flexibility index (Phi) is 5.74. The smallest absolute Gasteiger partial charge is 0.322 e. The van der Waals surface area contributed by atoms with Crippen LogP contribution in [0.25, 0.3) is 0 Å². The van der Waals surface area contributed by atoms with Gasteiger partial charge in [0.05, 0.1) is 21.3 Å². The number of urea groups is 1. The molecule has 2 aromatic rings. The van der Waals surface area contributed by atoms with Gasteiger partial charge in [-0.25, -0.2) is 4.79 Å². The second kappa shape index (κ2) is 8.20. The number of methoxy groups -OCH3 is 3. The molecule has 1 aliphatic heterocycles. The van der Waals surface area contributed by atoms with Crippen LogP contribution in [0.3, 0.4) is 0 Å². The molecule has 1 aliphatic rings. The van der Waals surface area contributed by atoms with E-state index in [1.165, 1.54) is 5.56 Å². The van der Waals surface area contributed by atoms with Crippen LogP contribution in [0.1, 0.15) is 18.1 Å². The zero-order chi connectivity index (χ0) is 19.4. The Morgan fingerprint density at radius 3 is 2.52 bits per heavy atom. The predicted octanol–water partition coefficient (Wildman–Crippen LogP) is 3.42. The lowest BCUT2D eigenvalue weighted by molar-refractivity contribution is 0.245. The Morgan fingerprint density at radius 1 is 1.07 bits per heavy atom. The third-order valence-corrected chi connectivity index (χ3v) is 4.88. The van der Waals surface area contributed by atoms with Gasteiger partial charge in [-0.1, -0.05) is 24.3 Å². The molecule has 0 aliphatic carbocycles. The van der Waals surface area contributed by atoms with Crippen molar-refractivity contribution in [2.24, 2.45) is 0 Å². The van der Waals surface area contributed by atoms with Crippen molar-refractivity contribution in [2.45, 2.75) is 25.8 Å². The molecule has 0 aromatic heterocycles. The summed E-state index contributed by atoms with van der Waals surface area (Å²) < 4.78 is 16.2. The first-order chi connectivity index (χ1) is 13.1. The van der Waals surface area contributed by atoms with Crippen molar-refractivity contribution < 1.29 is 19.0 Å². The summed E-state index contributed by atoms with van der Waals surface area (Å²) in [6, 6.07) is 11.9. The van der Waals surface area contributed by atoms with Crippen molar-refractivity contribution in [3.05, 3.63) is 47.5 Å². The van der Waals surface area contributed by atoms with Crippen molar-refractivity contribution >= 4 is 11.7 Å². The maximum Gasteiger partial charge on any atom is 0.322 e. The van der Waals surface area contributed by atoms with Gasteiger partial charge in [0.1, 0.15) is 0 Å². The lowest BCUT2D eigenvalue weighted by atomic mass is 10.1. The van der Waals surface area contributed by atoms with Gasteiger partial charge < -0.3 is 19.5 Å². The molecule has 1 unspecified atom stereocenters. The van der Waals surface area contributed by atoms with Crippen molar-refractivity contribution in [1.29, 1.82) is 0 Å². The van der Waals surface area contributed by atoms with Crippen LogP contribution < -0.4 is 24.4 Å². The van der Waals surface area contributed by atoms with Crippen LogP contribution in [0.5, 0.6) is 17.2 Å². The normalized spacial score (nSPS) is 15.3. The number of fused-ring (bicyclic) bond motifs is 1. The second-order valence-electron chi connectivity index (χ2n) is 6.53. The first-order valence-electron chi connectivity index (χ1n) is 9.03. The van der Waals surface area contributed by atoms with E-state index in [0.717, 1.165) is 17.7 Å². The number of hydrogen-bond donors (Lipinski definition) is 1. The van der Waals surface area contributed by atoms with E-state index < -0.39 is 0 Å². The summed E-state index contributed by atoms with van der Waals surface area (Å²) in [6.45, 7) is 2.56. The van der Waals surface area contributed by atoms with Crippen LogP contribution in [0, 0.1) is 0 Å². The average Bonchev–Trinajstić information content (AvgIpc) is 3.02. The highest BCUT2D eigenvalue weighted by Gasteiger charge is 2.30. The standard InChI is InChI=1S/C21H26N2O4/c1-14-13-16-7-5-6-8-17(16)23(14)21(24)22-12-11-15-9-10-18(25-2)20(27-4)19(15)26-3/h5-10,14H,11-13H2,1-4H3,(H,22,24). The van der Waals surface area contributed by atoms with Gasteiger partial charge >= 0.3 is 6.03 Å². The molecule has 6 nitrogen and oxygen atoms in total. The van der Waals surface area contributed by atoms with Crippen molar-refractivity contribution in [3.63, 3.8) is 0 Å². The number of benzene rings is 2. The Labute approximate surface area is 160 Å². The number of ether oxygens (including phenoxy) is 3. The lowest BCUT2D eigenvalue weighted by Crippen LogP contribution is -2.43. The molecule has 1 N–H and O–H groups in total. The summed E-state index contributed by atoms with van der Waals surface area (Å²) >= 11 is 0. The lowest BCUT2D eigenvalue weighted by Gasteiger charge is -2.23. The zero-order valence-electron chi connectivity index (χ0n) is 16.2. The van der Waals surface area contributed by atoms with Gasteiger partial charge in [-0.05, 0) is 37.5 Å². The molecule has 0 spiro atoms. The van der Waals surface area contributed by atoms with Gasteiger partial charge in [-0.3, -0.25) is 4.90 Å². The minimum atomic E-state index is -0.0770. The average molecular weight is 370 g/mol. The molecular weight excluding hydrogens is 344 g/mol. The van der Waals surface area contributed by atoms with E-state index in [9.17, 15) is 4.79 Å². The highest BCUT2D eigenvalue weighted by atomic mass is 16.5. The number of hydrogen-bond acceptors (Lipinski definition) is 4. The minimum Gasteiger partial charge on any atom is -0.493 e. The third kappa shape index (κ3) is 3.65. The van der Waals surface area contributed by atoms with Crippen LogP contribution >= 0.6 is 0 Å². The molecule has 1 heterocycles. The largest absolute Gasteiger partial charge is 0.493 e. The van der Waals surface area contributed by atoms with Gasteiger partial charge in [0.2, 0.25) is 5.75 Å². The Morgan fingerprint density at radius 2 is 1.81 bits per heavy atom. The molecule has 2 aromatic carbocycles. The van der Waals surface area contributed by atoms with E-state index in [0.29, 0.717) is 30.2 Å². The molecule has 1 atom stereocenters. The number of amides is 2. The molecule has 0 fully saturated rings. The maximum atomic E-state index is 12.7. The van der Waals surface area contributed by atoms with E-state index in [-0.39, 0.29) is 12.1 Å². The number of nitrogens with zero attached hydrogens (tertiary/aromatic N) is 1. The predicted molar refractivity (Wildman–Crippen MR) is 105 cm³/mol. The van der Waals surface area contributed by atoms with Gasteiger partial charge in [-0.15, -0.1) is 0 Å². The Bertz CT molecular complexity index is 822. The van der Waals surface area contributed by atoms with E-state index in [2.05, 4.69) is 18.3 Å². The van der Waals surface area contributed by atoms with E-state index in [1.54, 1.807) is 21.3 Å². The van der Waals surface area contributed by atoms with Crippen LogP contribution in [0.4, 0.5) is 10.5 Å². The number of nitrogens with one attached hydrogen (secondary N) is 1. The highest BCUT2D eigenvalue weighted by molar-refractivity contribution is 5.94. The molecule has 144 valence electrons. The monoisotopic (exact) mass is 370 g/mol. The highest BCUT2D eigenvalue weighted by Crippen LogP contribution is 2.39. The fourth-order valence-electron chi connectivity index (χ4n) is 3.62. The van der Waals surface area contributed by atoms with Gasteiger partial charge in [0.15, 0.2) is 11.5 Å². The summed E-state index contributed by atoms with van der Waals surface area (Å²) in [4.78, 5) is 14.6. The fourth-order valence-corrected chi connectivity index (χ4v) is 3.62. The zero-order valence-corrected chi connectivity index (χ0v) is 16.2. The van der Waals surface area contributed by atoms with Gasteiger partial charge in [0.25, 0.3) is 0 Å². The van der Waals surface area contributed by atoms with Crippen molar-refractivity contribution in [3.8, 4) is 17.2 Å². The van der Waals surface area contributed by atoms with Gasteiger partial charge in [0, 0.05) is 23.8 Å². The number of rotatable bonds is 6. The Hall–Kier alpha value is -2.89. The molecule has 0 radical (unpaired) electrons. The molecule has 0 bridgehead atoms. The topological polar surface area (TPSA) is 60.0 Å². The molecule has 0 saturated heterocycles. The first-order valence-corrected chi connectivity index (χ1v) is 9.03. The number of carbonyl (C=O) groups is 1. The van der Waals surface area contributed by atoms with Crippen LogP contribution in [0.15, 0.2) is 36.4 Å². The van der Waals surface area contributed by atoms with Crippen LogP contribution in [-0.2, 0) is 12.8 Å². The van der Waals surface area contributed by atoms with Crippen LogP contribution in [-0.4, -0.2) is 39.9 Å². The quantitative estimate of drug-likeness (QED) is 0.846. The molecule has 6 heteroatoms. The van der Waals surface area contributed by atoms with E-state index in [1.807, 2.05) is 35.2 Å². The molecule has 0 saturated carbocycles. The fraction of sp³-hybridized carbons (Fsp3) is 0.381. The molecular formula is C21H26N2O4. The second-order valence-corrected chi connectivity index (χ2v) is 6.53. The van der Waals surface area contributed by atoms with E-state index >= 15 is 0 Å². The summed E-state index contributed by atoms with van der Waals surface area (Å²) in [7, 11) is 4.77. The maximum absolute atomic E-state index is 12.7. The Balaban J connectivity index is 1.68. The number of anilines is 1. The third-order valence-electron chi connectivity index (χ3n) is 4.88. The molecule has 2 amide bonds. The SMILES string of the molecule is COc1ccc(CCNC(=O)N2c3ccccc3CC2C)c(OC)c1OC.